The zero-order valence-electron chi connectivity index (χ0n) is 11.0. The molecule has 1 amide bonds. The number of amides is 1. The summed E-state index contributed by atoms with van der Waals surface area (Å²) < 4.78 is 63.5. The van der Waals surface area contributed by atoms with Gasteiger partial charge in [0, 0.05) is 5.69 Å². The molecule has 22 heavy (non-hydrogen) atoms. The van der Waals surface area contributed by atoms with Gasteiger partial charge in [0.15, 0.2) is 0 Å². The molecule has 0 spiro atoms. The van der Waals surface area contributed by atoms with Crippen LogP contribution in [0, 0.1) is 11.6 Å². The lowest BCUT2D eigenvalue weighted by molar-refractivity contribution is -0.140. The molecule has 0 aliphatic heterocycles. The molecule has 2 aromatic rings. The lowest BCUT2D eigenvalue weighted by atomic mass is 10.1. The van der Waals surface area contributed by atoms with Crippen LogP contribution in [-0.2, 0) is 17.4 Å². The van der Waals surface area contributed by atoms with Crippen molar-refractivity contribution in [1.82, 2.24) is 0 Å². The zero-order valence-corrected chi connectivity index (χ0v) is 11.0. The van der Waals surface area contributed by atoms with E-state index in [1.54, 1.807) is 0 Å². The Morgan fingerprint density at radius 1 is 1.00 bits per heavy atom. The molecule has 0 radical (unpaired) electrons. The molecule has 0 heterocycles. The molecule has 0 saturated carbocycles. The summed E-state index contributed by atoms with van der Waals surface area (Å²) in [6.45, 7) is 0. The third-order valence-corrected chi connectivity index (χ3v) is 2.83. The highest BCUT2D eigenvalue weighted by Gasteiger charge is 2.34. The topological polar surface area (TPSA) is 29.1 Å². The third kappa shape index (κ3) is 4.03. The summed E-state index contributed by atoms with van der Waals surface area (Å²) in [4.78, 5) is 11.7. The summed E-state index contributed by atoms with van der Waals surface area (Å²) in [5, 5.41) is 2.25. The first-order chi connectivity index (χ1) is 10.3. The van der Waals surface area contributed by atoms with Gasteiger partial charge in [-0.1, -0.05) is 12.1 Å². The lowest BCUT2D eigenvalue weighted by Gasteiger charge is -2.11. The maximum atomic E-state index is 13.1. The van der Waals surface area contributed by atoms with Crippen LogP contribution in [0.3, 0.4) is 0 Å². The Morgan fingerprint density at radius 2 is 1.64 bits per heavy atom. The number of rotatable bonds is 3. The summed E-state index contributed by atoms with van der Waals surface area (Å²) in [5.41, 5.74) is -1.12. The van der Waals surface area contributed by atoms with E-state index in [-0.39, 0.29) is 12.1 Å². The number of alkyl halides is 3. The van der Waals surface area contributed by atoms with Gasteiger partial charge >= 0.3 is 6.18 Å². The molecule has 2 nitrogen and oxygen atoms in total. The maximum absolute atomic E-state index is 13.1. The fourth-order valence-corrected chi connectivity index (χ4v) is 1.81. The van der Waals surface area contributed by atoms with Crippen LogP contribution in [0.4, 0.5) is 27.6 Å². The van der Waals surface area contributed by atoms with Gasteiger partial charge in [0.2, 0.25) is 5.91 Å². The fraction of sp³-hybridized carbons (Fsp3) is 0.133. The number of halogens is 5. The van der Waals surface area contributed by atoms with Crippen LogP contribution in [-0.4, -0.2) is 5.91 Å². The number of anilines is 1. The highest BCUT2D eigenvalue weighted by atomic mass is 19.4. The van der Waals surface area contributed by atoms with Crippen LogP contribution < -0.4 is 5.32 Å². The van der Waals surface area contributed by atoms with Crippen LogP contribution in [0.25, 0.3) is 0 Å². The van der Waals surface area contributed by atoms with Gasteiger partial charge in [-0.25, -0.2) is 8.78 Å². The minimum atomic E-state index is -4.85. The van der Waals surface area contributed by atoms with E-state index in [0.29, 0.717) is 17.7 Å². The SMILES string of the molecule is O=C(Cc1ccc(F)cc1)Nc1ccc(F)c(C(F)(F)F)c1. The molecule has 1 N–H and O–H groups in total. The van der Waals surface area contributed by atoms with Gasteiger partial charge in [0.1, 0.15) is 11.6 Å². The van der Waals surface area contributed by atoms with Crippen molar-refractivity contribution in [2.45, 2.75) is 12.6 Å². The number of nitrogens with one attached hydrogen (secondary N) is 1. The van der Waals surface area contributed by atoms with Gasteiger partial charge in [-0.05, 0) is 35.9 Å². The molecule has 0 saturated heterocycles. The van der Waals surface area contributed by atoms with E-state index in [9.17, 15) is 26.7 Å². The van der Waals surface area contributed by atoms with Crippen molar-refractivity contribution in [3.63, 3.8) is 0 Å². The quantitative estimate of drug-likeness (QED) is 0.847. The molecular weight excluding hydrogens is 305 g/mol. The fourth-order valence-electron chi connectivity index (χ4n) is 1.81. The van der Waals surface area contributed by atoms with E-state index in [2.05, 4.69) is 5.32 Å². The van der Waals surface area contributed by atoms with Gasteiger partial charge in [-0.15, -0.1) is 0 Å². The summed E-state index contributed by atoms with van der Waals surface area (Å²) in [7, 11) is 0. The van der Waals surface area contributed by atoms with Crippen molar-refractivity contribution >= 4 is 11.6 Å². The Bertz CT molecular complexity index is 679. The van der Waals surface area contributed by atoms with E-state index >= 15 is 0 Å². The van der Waals surface area contributed by atoms with E-state index in [1.165, 1.54) is 24.3 Å². The Kier molecular flexibility index (Phi) is 4.44. The molecule has 0 atom stereocenters. The molecule has 0 unspecified atom stereocenters. The normalized spacial score (nSPS) is 11.3. The molecule has 2 rings (SSSR count). The predicted molar refractivity (Wildman–Crippen MR) is 70.1 cm³/mol. The van der Waals surface area contributed by atoms with Crippen molar-refractivity contribution in [1.29, 1.82) is 0 Å². The van der Waals surface area contributed by atoms with Gasteiger partial charge in [-0.2, -0.15) is 13.2 Å². The average molecular weight is 315 g/mol. The molecule has 2 aromatic carbocycles. The first kappa shape index (κ1) is 15.9. The Morgan fingerprint density at radius 3 is 2.23 bits per heavy atom. The maximum Gasteiger partial charge on any atom is 0.419 e. The number of hydrogen-bond donors (Lipinski definition) is 1. The summed E-state index contributed by atoms with van der Waals surface area (Å²) >= 11 is 0. The van der Waals surface area contributed by atoms with E-state index in [1.807, 2.05) is 0 Å². The number of benzene rings is 2. The van der Waals surface area contributed by atoms with Crippen molar-refractivity contribution in [3.8, 4) is 0 Å². The second-order valence-corrected chi connectivity index (χ2v) is 4.54. The first-order valence-corrected chi connectivity index (χ1v) is 6.17. The molecule has 0 aliphatic rings. The summed E-state index contributed by atoms with van der Waals surface area (Å²) in [5.74, 6) is -2.46. The summed E-state index contributed by atoms with van der Waals surface area (Å²) in [6, 6.07) is 7.31. The first-order valence-electron chi connectivity index (χ1n) is 6.17. The second-order valence-electron chi connectivity index (χ2n) is 4.54. The van der Waals surface area contributed by atoms with Crippen molar-refractivity contribution in [3.05, 3.63) is 65.2 Å². The Balaban J connectivity index is 2.10. The smallest absolute Gasteiger partial charge is 0.326 e. The third-order valence-electron chi connectivity index (χ3n) is 2.83. The largest absolute Gasteiger partial charge is 0.419 e. The van der Waals surface area contributed by atoms with Crippen LogP contribution in [0.1, 0.15) is 11.1 Å². The van der Waals surface area contributed by atoms with Gasteiger partial charge in [-0.3, -0.25) is 4.79 Å². The van der Waals surface area contributed by atoms with Crippen LogP contribution in [0.5, 0.6) is 0 Å². The monoisotopic (exact) mass is 315 g/mol. The Hall–Kier alpha value is -2.44. The van der Waals surface area contributed by atoms with Crippen LogP contribution in [0.2, 0.25) is 0 Å². The van der Waals surface area contributed by atoms with Gasteiger partial charge < -0.3 is 5.32 Å². The van der Waals surface area contributed by atoms with Crippen LogP contribution >= 0.6 is 0 Å². The molecule has 0 fully saturated rings. The number of carbonyl (C=O) groups is 1. The minimum absolute atomic E-state index is 0.140. The highest BCUT2D eigenvalue weighted by Crippen LogP contribution is 2.33. The van der Waals surface area contributed by atoms with E-state index < -0.39 is 29.3 Å². The number of carbonyl (C=O) groups excluding carboxylic acids is 1. The standard InChI is InChI=1S/C15H10F5NO/c16-10-3-1-9(2-4-10)7-14(22)21-11-5-6-13(17)12(8-11)15(18,19)20/h1-6,8H,7H2,(H,21,22). The summed E-state index contributed by atoms with van der Waals surface area (Å²) in [6.07, 6.45) is -4.99. The molecular formula is C15H10F5NO. The highest BCUT2D eigenvalue weighted by molar-refractivity contribution is 5.92. The molecule has 0 aromatic heterocycles. The van der Waals surface area contributed by atoms with E-state index in [0.717, 1.165) is 6.07 Å². The predicted octanol–water partition coefficient (Wildman–Crippen LogP) is 4.16. The lowest BCUT2D eigenvalue weighted by Crippen LogP contribution is -2.16. The minimum Gasteiger partial charge on any atom is -0.326 e. The van der Waals surface area contributed by atoms with Gasteiger partial charge in [0.05, 0.1) is 12.0 Å². The molecule has 0 aliphatic carbocycles. The second kappa shape index (κ2) is 6.13. The Labute approximate surface area is 122 Å². The van der Waals surface area contributed by atoms with Gasteiger partial charge in [0.25, 0.3) is 0 Å². The van der Waals surface area contributed by atoms with Crippen LogP contribution in [0.15, 0.2) is 42.5 Å². The van der Waals surface area contributed by atoms with Crippen molar-refractivity contribution < 1.29 is 26.7 Å². The average Bonchev–Trinajstić information content (AvgIpc) is 2.42. The molecule has 7 heteroatoms. The van der Waals surface area contributed by atoms with E-state index in [4.69, 9.17) is 0 Å². The molecule has 0 bridgehead atoms. The molecule has 116 valence electrons. The number of hydrogen-bond acceptors (Lipinski definition) is 1. The van der Waals surface area contributed by atoms with Crippen molar-refractivity contribution in [2.75, 3.05) is 5.32 Å². The zero-order chi connectivity index (χ0) is 16.3. The van der Waals surface area contributed by atoms with Crippen molar-refractivity contribution in [2.24, 2.45) is 0 Å².